The Hall–Kier alpha value is -2.33. The second-order valence-corrected chi connectivity index (χ2v) is 5.86. The Morgan fingerprint density at radius 3 is 2.48 bits per heavy atom. The Morgan fingerprint density at radius 1 is 1.05 bits per heavy atom. The highest BCUT2D eigenvalue weighted by molar-refractivity contribution is 7.19. The molecule has 4 heteroatoms. The van der Waals surface area contributed by atoms with Crippen LogP contribution in [0.3, 0.4) is 0 Å². The van der Waals surface area contributed by atoms with E-state index in [4.69, 9.17) is 10.5 Å². The van der Waals surface area contributed by atoms with Crippen molar-refractivity contribution in [2.24, 2.45) is 0 Å². The van der Waals surface area contributed by atoms with Crippen LogP contribution in [0.4, 0.5) is 5.13 Å². The number of anilines is 1. The summed E-state index contributed by atoms with van der Waals surface area (Å²) < 4.78 is 5.20. The molecule has 0 fully saturated rings. The van der Waals surface area contributed by atoms with E-state index in [0.29, 0.717) is 5.13 Å². The SMILES string of the molecule is COc1ccc(-c2sc(N)nc2-c2cccc(C)c2)cc1. The topological polar surface area (TPSA) is 48.1 Å². The van der Waals surface area contributed by atoms with Crippen molar-refractivity contribution in [2.75, 3.05) is 12.8 Å². The van der Waals surface area contributed by atoms with E-state index in [2.05, 4.69) is 30.1 Å². The lowest BCUT2D eigenvalue weighted by molar-refractivity contribution is 0.415. The first kappa shape index (κ1) is 13.6. The molecule has 0 bridgehead atoms. The van der Waals surface area contributed by atoms with Crippen molar-refractivity contribution in [3.8, 4) is 27.4 Å². The number of nitrogen functional groups attached to an aromatic ring is 1. The van der Waals surface area contributed by atoms with Crippen LogP contribution in [-0.4, -0.2) is 12.1 Å². The Kier molecular flexibility index (Phi) is 3.62. The lowest BCUT2D eigenvalue weighted by Gasteiger charge is -2.05. The molecule has 0 aliphatic carbocycles. The van der Waals surface area contributed by atoms with Crippen LogP contribution in [-0.2, 0) is 0 Å². The van der Waals surface area contributed by atoms with Gasteiger partial charge >= 0.3 is 0 Å². The van der Waals surface area contributed by atoms with Gasteiger partial charge in [-0.1, -0.05) is 35.1 Å². The van der Waals surface area contributed by atoms with Crippen molar-refractivity contribution in [3.05, 3.63) is 54.1 Å². The molecular formula is C17H16N2OS. The molecule has 0 saturated carbocycles. The predicted octanol–water partition coefficient (Wildman–Crippen LogP) is 4.38. The highest BCUT2D eigenvalue weighted by atomic mass is 32.1. The van der Waals surface area contributed by atoms with Gasteiger partial charge in [-0.15, -0.1) is 0 Å². The van der Waals surface area contributed by atoms with Gasteiger partial charge in [0, 0.05) is 5.56 Å². The monoisotopic (exact) mass is 296 g/mol. The maximum atomic E-state index is 5.93. The largest absolute Gasteiger partial charge is 0.497 e. The number of hydrogen-bond acceptors (Lipinski definition) is 4. The van der Waals surface area contributed by atoms with E-state index >= 15 is 0 Å². The first-order valence-corrected chi connectivity index (χ1v) is 7.47. The van der Waals surface area contributed by atoms with Crippen LogP contribution >= 0.6 is 11.3 Å². The van der Waals surface area contributed by atoms with E-state index in [1.165, 1.54) is 16.9 Å². The third-order valence-electron chi connectivity index (χ3n) is 3.29. The summed E-state index contributed by atoms with van der Waals surface area (Å²) >= 11 is 1.51. The average molecular weight is 296 g/mol. The fourth-order valence-electron chi connectivity index (χ4n) is 2.26. The highest BCUT2D eigenvalue weighted by Gasteiger charge is 2.13. The molecule has 0 saturated heterocycles. The summed E-state index contributed by atoms with van der Waals surface area (Å²) in [5.41, 5.74) is 10.3. The number of nitrogens with zero attached hydrogens (tertiary/aromatic N) is 1. The van der Waals surface area contributed by atoms with Crippen molar-refractivity contribution in [1.29, 1.82) is 0 Å². The second kappa shape index (κ2) is 5.58. The minimum Gasteiger partial charge on any atom is -0.497 e. The van der Waals surface area contributed by atoms with E-state index in [9.17, 15) is 0 Å². The van der Waals surface area contributed by atoms with E-state index < -0.39 is 0 Å². The molecule has 3 rings (SSSR count). The zero-order chi connectivity index (χ0) is 14.8. The van der Waals surface area contributed by atoms with Crippen molar-refractivity contribution in [1.82, 2.24) is 4.98 Å². The van der Waals surface area contributed by atoms with Crippen LogP contribution in [0.15, 0.2) is 48.5 Å². The first-order chi connectivity index (χ1) is 10.2. The smallest absolute Gasteiger partial charge is 0.181 e. The van der Waals surface area contributed by atoms with Crippen LogP contribution < -0.4 is 10.5 Å². The number of methoxy groups -OCH3 is 1. The molecule has 3 nitrogen and oxygen atoms in total. The summed E-state index contributed by atoms with van der Waals surface area (Å²) in [5.74, 6) is 0.841. The molecule has 0 atom stereocenters. The Labute approximate surface area is 128 Å². The Balaban J connectivity index is 2.10. The number of rotatable bonds is 3. The fraction of sp³-hybridized carbons (Fsp3) is 0.118. The lowest BCUT2D eigenvalue weighted by Crippen LogP contribution is -1.86. The van der Waals surface area contributed by atoms with Crippen LogP contribution in [0.2, 0.25) is 0 Å². The van der Waals surface area contributed by atoms with Gasteiger partial charge in [-0.05, 0) is 42.8 Å². The predicted molar refractivity (Wildman–Crippen MR) is 88.7 cm³/mol. The molecule has 0 unspecified atom stereocenters. The molecule has 1 aromatic heterocycles. The zero-order valence-corrected chi connectivity index (χ0v) is 12.8. The molecule has 2 aromatic carbocycles. The number of ether oxygens (including phenoxy) is 1. The van der Waals surface area contributed by atoms with E-state index in [1.807, 2.05) is 30.3 Å². The van der Waals surface area contributed by atoms with Crippen LogP contribution in [0.1, 0.15) is 5.56 Å². The van der Waals surface area contributed by atoms with Gasteiger partial charge in [0.05, 0.1) is 17.7 Å². The Bertz CT molecular complexity index is 763. The lowest BCUT2D eigenvalue weighted by atomic mass is 10.0. The van der Waals surface area contributed by atoms with Crippen LogP contribution in [0, 0.1) is 6.92 Å². The molecule has 0 aliphatic rings. The minimum absolute atomic E-state index is 0.581. The summed E-state index contributed by atoms with van der Waals surface area (Å²) in [6.07, 6.45) is 0. The number of thiazole rings is 1. The fourth-order valence-corrected chi connectivity index (χ4v) is 3.12. The van der Waals surface area contributed by atoms with Crippen molar-refractivity contribution in [3.63, 3.8) is 0 Å². The normalized spacial score (nSPS) is 10.6. The van der Waals surface area contributed by atoms with Crippen molar-refractivity contribution >= 4 is 16.5 Å². The molecule has 0 spiro atoms. The van der Waals surface area contributed by atoms with E-state index in [-0.39, 0.29) is 0 Å². The summed E-state index contributed by atoms with van der Waals surface area (Å²) in [5, 5.41) is 0.581. The van der Waals surface area contributed by atoms with Crippen molar-refractivity contribution in [2.45, 2.75) is 6.92 Å². The summed E-state index contributed by atoms with van der Waals surface area (Å²) in [6.45, 7) is 2.08. The molecule has 0 radical (unpaired) electrons. The molecule has 0 aliphatic heterocycles. The van der Waals surface area contributed by atoms with E-state index in [0.717, 1.165) is 27.4 Å². The van der Waals surface area contributed by atoms with Gasteiger partial charge in [0.25, 0.3) is 0 Å². The quantitative estimate of drug-likeness (QED) is 0.780. The summed E-state index contributed by atoms with van der Waals surface area (Å²) in [4.78, 5) is 5.59. The molecule has 2 N–H and O–H groups in total. The third kappa shape index (κ3) is 2.76. The van der Waals surface area contributed by atoms with Crippen molar-refractivity contribution < 1.29 is 4.74 Å². The first-order valence-electron chi connectivity index (χ1n) is 6.65. The molecule has 3 aromatic rings. The van der Waals surface area contributed by atoms with Gasteiger partial charge in [0.2, 0.25) is 0 Å². The zero-order valence-electron chi connectivity index (χ0n) is 12.0. The molecule has 106 valence electrons. The molecule has 0 amide bonds. The van der Waals surface area contributed by atoms with Gasteiger partial charge in [0.15, 0.2) is 5.13 Å². The van der Waals surface area contributed by atoms with Gasteiger partial charge in [0.1, 0.15) is 5.75 Å². The van der Waals surface area contributed by atoms with Gasteiger partial charge in [-0.3, -0.25) is 0 Å². The van der Waals surface area contributed by atoms with Crippen LogP contribution in [0.5, 0.6) is 5.75 Å². The standard InChI is InChI=1S/C17H16N2OS/c1-11-4-3-5-13(10-11)15-16(21-17(18)19-15)12-6-8-14(20-2)9-7-12/h3-10H,1-2H3,(H2,18,19). The number of hydrogen-bond donors (Lipinski definition) is 1. The number of benzene rings is 2. The highest BCUT2D eigenvalue weighted by Crippen LogP contribution is 2.38. The van der Waals surface area contributed by atoms with Gasteiger partial charge in [-0.2, -0.15) is 0 Å². The van der Waals surface area contributed by atoms with E-state index in [1.54, 1.807) is 7.11 Å². The number of aryl methyl sites for hydroxylation is 1. The molecule has 21 heavy (non-hydrogen) atoms. The molecular weight excluding hydrogens is 280 g/mol. The van der Waals surface area contributed by atoms with Gasteiger partial charge in [-0.25, -0.2) is 4.98 Å². The summed E-state index contributed by atoms with van der Waals surface area (Å²) in [6, 6.07) is 16.3. The third-order valence-corrected chi connectivity index (χ3v) is 4.22. The maximum Gasteiger partial charge on any atom is 0.181 e. The average Bonchev–Trinajstić information content (AvgIpc) is 2.89. The number of nitrogens with two attached hydrogens (primary N) is 1. The summed E-state index contributed by atoms with van der Waals surface area (Å²) in [7, 11) is 1.66. The number of aromatic nitrogens is 1. The minimum atomic E-state index is 0.581. The molecule has 1 heterocycles. The second-order valence-electron chi connectivity index (χ2n) is 4.83. The Morgan fingerprint density at radius 2 is 1.81 bits per heavy atom. The van der Waals surface area contributed by atoms with Gasteiger partial charge < -0.3 is 10.5 Å². The maximum absolute atomic E-state index is 5.93. The van der Waals surface area contributed by atoms with Crippen LogP contribution in [0.25, 0.3) is 21.7 Å².